The number of rotatable bonds is 5. The maximum absolute atomic E-state index is 17.5. The first kappa shape index (κ1) is 29.0. The van der Waals surface area contributed by atoms with Gasteiger partial charge in [-0.05, 0) is 80.4 Å². The third-order valence-electron chi connectivity index (χ3n) is 10.9. The number of benzene rings is 2. The molecule has 0 saturated heterocycles. The van der Waals surface area contributed by atoms with E-state index >= 15 is 4.39 Å². The van der Waals surface area contributed by atoms with Crippen LogP contribution in [0.25, 0.3) is 11.1 Å². The highest BCUT2D eigenvalue weighted by atomic mass is 19.1. The molecule has 7 nitrogen and oxygen atoms in total. The van der Waals surface area contributed by atoms with E-state index < -0.39 is 58.6 Å². The Kier molecular flexibility index (Phi) is 6.93. The third-order valence-corrected chi connectivity index (χ3v) is 10.9. The molecule has 4 aliphatic carbocycles. The molecule has 222 valence electrons. The van der Waals surface area contributed by atoms with Crippen molar-refractivity contribution in [3.05, 3.63) is 84.0 Å². The molecule has 6 rings (SSSR count). The summed E-state index contributed by atoms with van der Waals surface area (Å²) in [7, 11) is 0. The van der Waals surface area contributed by atoms with Crippen molar-refractivity contribution in [3.63, 3.8) is 0 Å². The van der Waals surface area contributed by atoms with Crippen LogP contribution in [0, 0.1) is 34.0 Å². The summed E-state index contributed by atoms with van der Waals surface area (Å²) in [5.74, 6) is -2.91. The second-order valence-electron chi connectivity index (χ2n) is 12.7. The molecule has 2 aromatic rings. The number of nitriles is 1. The molecule has 7 atom stereocenters. The first-order valence-electron chi connectivity index (χ1n) is 14.7. The molecule has 4 aliphatic rings. The van der Waals surface area contributed by atoms with Crippen molar-refractivity contribution in [2.24, 2.45) is 22.7 Å². The van der Waals surface area contributed by atoms with Gasteiger partial charge in [0.05, 0.1) is 11.7 Å². The average Bonchev–Trinajstić information content (AvgIpc) is 3.29. The van der Waals surface area contributed by atoms with Crippen LogP contribution < -0.4 is 0 Å². The van der Waals surface area contributed by atoms with Crippen LogP contribution in [-0.4, -0.2) is 46.8 Å². The number of fused-ring (bicyclic) bond motifs is 5. The van der Waals surface area contributed by atoms with Gasteiger partial charge in [0.2, 0.25) is 5.60 Å². The number of aliphatic hydroxyl groups excluding tert-OH is 1. The quantitative estimate of drug-likeness (QED) is 0.450. The summed E-state index contributed by atoms with van der Waals surface area (Å²) in [4.78, 5) is 39.6. The Morgan fingerprint density at radius 2 is 1.74 bits per heavy atom. The second kappa shape index (κ2) is 10.3. The first-order chi connectivity index (χ1) is 20.5. The molecular formula is C35H34FNO6. The fourth-order valence-electron chi connectivity index (χ4n) is 8.60. The highest BCUT2D eigenvalue weighted by Gasteiger charge is 2.76. The smallest absolute Gasteiger partial charge is 0.352 e. The van der Waals surface area contributed by atoms with Gasteiger partial charge in [0, 0.05) is 16.7 Å². The molecule has 3 fully saturated rings. The van der Waals surface area contributed by atoms with Crippen LogP contribution in [-0.2, 0) is 19.1 Å². The minimum absolute atomic E-state index is 0.0688. The van der Waals surface area contributed by atoms with Crippen molar-refractivity contribution >= 4 is 17.7 Å². The molecule has 0 heterocycles. The zero-order valence-electron chi connectivity index (χ0n) is 24.2. The Labute approximate surface area is 250 Å². The lowest BCUT2D eigenvalue weighted by atomic mass is 9.45. The van der Waals surface area contributed by atoms with Gasteiger partial charge in [-0.3, -0.25) is 4.79 Å². The fraction of sp³-hybridized carbons (Fsp3) is 0.429. The van der Waals surface area contributed by atoms with Gasteiger partial charge in [0.15, 0.2) is 18.1 Å². The summed E-state index contributed by atoms with van der Waals surface area (Å²) in [5, 5.41) is 20.8. The number of hydrogen-bond acceptors (Lipinski definition) is 7. The molecular weight excluding hydrogens is 549 g/mol. The number of carbonyl (C=O) groups excluding carboxylic acids is 3. The molecule has 0 aromatic heterocycles. The van der Waals surface area contributed by atoms with Crippen molar-refractivity contribution < 1.29 is 33.4 Å². The Bertz CT molecular complexity index is 1580. The summed E-state index contributed by atoms with van der Waals surface area (Å²) < 4.78 is 29.0. The monoisotopic (exact) mass is 583 g/mol. The van der Waals surface area contributed by atoms with Gasteiger partial charge < -0.3 is 14.6 Å². The molecule has 3 saturated carbocycles. The SMILES string of the molecule is C[C@]12C=CC(=O)C=C1CC[C@H]1[C@@H]3CC[C@@](OC(=O)c4ccc(-c5ccccc5)cc4)(C(=O)OCC#N)[C@@]3(C)C[C@H](O)C12F. The summed E-state index contributed by atoms with van der Waals surface area (Å²) >= 11 is 0. The standard InChI is InChI=1S/C35H34FNO6/c1-32-16-14-26(38)20-25(32)12-13-28-27-15-17-34(31(41)42-19-18-37,33(27,2)21-29(39)35(28,32)36)43-30(40)24-10-8-23(9-11-24)22-6-4-3-5-7-22/h3-11,14,16,20,27-29,39H,12-13,15,17,19,21H2,1-2H3/t27-,28-,29-,32-,33-,34+,35?/m0/s1. The molecule has 0 radical (unpaired) electrons. The van der Waals surface area contributed by atoms with Crippen molar-refractivity contribution in [2.75, 3.05) is 6.61 Å². The number of hydrogen-bond donors (Lipinski definition) is 1. The molecule has 0 amide bonds. The molecule has 8 heteroatoms. The molecule has 2 aromatic carbocycles. The van der Waals surface area contributed by atoms with Gasteiger partial charge in [-0.15, -0.1) is 0 Å². The second-order valence-corrected chi connectivity index (χ2v) is 12.7. The van der Waals surface area contributed by atoms with Crippen molar-refractivity contribution in [1.29, 1.82) is 5.26 Å². The van der Waals surface area contributed by atoms with E-state index in [2.05, 4.69) is 0 Å². The van der Waals surface area contributed by atoms with E-state index in [0.717, 1.165) is 11.1 Å². The lowest BCUT2D eigenvalue weighted by Gasteiger charge is -2.62. The van der Waals surface area contributed by atoms with Crippen LogP contribution in [0.5, 0.6) is 0 Å². The number of nitrogens with zero attached hydrogens (tertiary/aromatic N) is 1. The zero-order chi connectivity index (χ0) is 30.6. The normalized spacial score (nSPS) is 35.9. The van der Waals surface area contributed by atoms with E-state index in [-0.39, 0.29) is 24.2 Å². The summed E-state index contributed by atoms with van der Waals surface area (Å²) in [6.07, 6.45) is 3.99. The Morgan fingerprint density at radius 3 is 2.44 bits per heavy atom. The predicted molar refractivity (Wildman–Crippen MR) is 155 cm³/mol. The highest BCUT2D eigenvalue weighted by Crippen LogP contribution is 2.70. The number of allylic oxidation sites excluding steroid dienone is 4. The lowest BCUT2D eigenvalue weighted by molar-refractivity contribution is -0.224. The van der Waals surface area contributed by atoms with Gasteiger partial charge in [-0.2, -0.15) is 5.26 Å². The average molecular weight is 584 g/mol. The number of alkyl halides is 1. The number of aliphatic hydroxyl groups is 1. The molecule has 0 aliphatic heterocycles. The number of esters is 2. The maximum atomic E-state index is 17.5. The molecule has 0 spiro atoms. The van der Waals surface area contributed by atoms with Gasteiger partial charge in [0.1, 0.15) is 6.07 Å². The van der Waals surface area contributed by atoms with Gasteiger partial charge in [0.25, 0.3) is 0 Å². The van der Waals surface area contributed by atoms with Crippen molar-refractivity contribution in [3.8, 4) is 17.2 Å². The zero-order valence-corrected chi connectivity index (χ0v) is 24.2. The molecule has 43 heavy (non-hydrogen) atoms. The Balaban J connectivity index is 1.36. The third kappa shape index (κ3) is 4.12. The van der Waals surface area contributed by atoms with Crippen LogP contribution in [0.2, 0.25) is 0 Å². The number of ketones is 1. The van der Waals surface area contributed by atoms with Crippen LogP contribution in [0.3, 0.4) is 0 Å². The predicted octanol–water partition coefficient (Wildman–Crippen LogP) is 5.69. The Morgan fingerprint density at radius 1 is 1.05 bits per heavy atom. The number of ether oxygens (including phenoxy) is 2. The van der Waals surface area contributed by atoms with Gasteiger partial charge in [-0.25, -0.2) is 14.0 Å². The largest absolute Gasteiger partial charge is 0.447 e. The lowest BCUT2D eigenvalue weighted by Crippen LogP contribution is -2.69. The highest BCUT2D eigenvalue weighted by molar-refractivity contribution is 6.01. The van der Waals surface area contributed by atoms with Crippen LogP contribution in [0.1, 0.15) is 56.3 Å². The summed E-state index contributed by atoms with van der Waals surface area (Å²) in [6.45, 7) is 2.96. The first-order valence-corrected chi connectivity index (χ1v) is 14.7. The van der Waals surface area contributed by atoms with Crippen molar-refractivity contribution in [1.82, 2.24) is 0 Å². The van der Waals surface area contributed by atoms with E-state index in [9.17, 15) is 19.5 Å². The topological polar surface area (TPSA) is 114 Å². The molecule has 0 bridgehead atoms. The minimum atomic E-state index is -2.09. The number of carbonyl (C=O) groups is 3. The van der Waals surface area contributed by atoms with Gasteiger partial charge in [-0.1, -0.05) is 61.0 Å². The number of halogens is 1. The maximum Gasteiger partial charge on any atom is 0.352 e. The minimum Gasteiger partial charge on any atom is -0.447 e. The fourth-order valence-corrected chi connectivity index (χ4v) is 8.60. The van der Waals surface area contributed by atoms with E-state index in [0.29, 0.717) is 24.8 Å². The van der Waals surface area contributed by atoms with Gasteiger partial charge >= 0.3 is 11.9 Å². The summed E-state index contributed by atoms with van der Waals surface area (Å²) in [5.41, 5.74) is -3.52. The van der Waals surface area contributed by atoms with E-state index in [1.165, 1.54) is 12.2 Å². The van der Waals surface area contributed by atoms with Crippen LogP contribution in [0.15, 0.2) is 78.4 Å². The molecule has 1 N–H and O–H groups in total. The molecule has 1 unspecified atom stereocenters. The van der Waals surface area contributed by atoms with Crippen molar-refractivity contribution in [2.45, 2.75) is 63.3 Å². The summed E-state index contributed by atoms with van der Waals surface area (Å²) in [6, 6.07) is 18.3. The van der Waals surface area contributed by atoms with E-state index in [1.54, 1.807) is 50.3 Å². The van der Waals surface area contributed by atoms with E-state index in [1.807, 2.05) is 30.3 Å². The van der Waals surface area contributed by atoms with E-state index in [4.69, 9.17) is 14.7 Å². The Hall–Kier alpha value is -4.09. The van der Waals surface area contributed by atoms with Crippen LogP contribution in [0.4, 0.5) is 4.39 Å². The van der Waals surface area contributed by atoms with Crippen LogP contribution >= 0.6 is 0 Å².